The van der Waals surface area contributed by atoms with Crippen molar-refractivity contribution in [3.63, 3.8) is 0 Å². The quantitative estimate of drug-likeness (QED) is 0.754. The third kappa shape index (κ3) is 4.28. The molecular weight excluding hydrogens is 218 g/mol. The van der Waals surface area contributed by atoms with Gasteiger partial charge in [-0.2, -0.15) is 0 Å². The topological polar surface area (TPSA) is 67.0 Å². The highest BCUT2D eigenvalue weighted by molar-refractivity contribution is 5.04. The van der Waals surface area contributed by atoms with Gasteiger partial charge in [0.15, 0.2) is 0 Å². The van der Waals surface area contributed by atoms with Crippen LogP contribution in [0.3, 0.4) is 0 Å². The summed E-state index contributed by atoms with van der Waals surface area (Å²) >= 11 is 0. The van der Waals surface area contributed by atoms with Crippen molar-refractivity contribution in [1.82, 2.24) is 15.3 Å². The molecule has 96 valence electrons. The maximum atomic E-state index is 11.5. The summed E-state index contributed by atoms with van der Waals surface area (Å²) in [6.07, 6.45) is 1.71. The highest BCUT2D eigenvalue weighted by atomic mass is 16.5. The van der Waals surface area contributed by atoms with Crippen molar-refractivity contribution in [1.29, 1.82) is 0 Å². The summed E-state index contributed by atoms with van der Waals surface area (Å²) in [5.41, 5.74) is 0.629. The molecule has 0 radical (unpaired) electrons. The first-order chi connectivity index (χ1) is 8.21. The normalized spacial score (nSPS) is 12.6. The fourth-order valence-electron chi connectivity index (χ4n) is 1.65. The number of methoxy groups -OCH3 is 1. The zero-order valence-corrected chi connectivity index (χ0v) is 10.7. The first-order valence-corrected chi connectivity index (χ1v) is 6.04. The van der Waals surface area contributed by atoms with Crippen LogP contribution in [0.2, 0.25) is 0 Å². The molecule has 0 spiro atoms. The first kappa shape index (κ1) is 13.9. The summed E-state index contributed by atoms with van der Waals surface area (Å²) < 4.78 is 5.34. The lowest BCUT2D eigenvalue weighted by Crippen LogP contribution is -2.20. The van der Waals surface area contributed by atoms with E-state index in [1.807, 2.05) is 6.92 Å². The molecule has 1 rings (SSSR count). The molecule has 0 aliphatic carbocycles. The molecule has 1 aromatic rings. The fourth-order valence-corrected chi connectivity index (χ4v) is 1.65. The SMILES string of the molecule is CCCC(OC)c1nc(CNCC)cc(=O)[nH]1. The Balaban J connectivity index is 2.90. The lowest BCUT2D eigenvalue weighted by atomic mass is 10.2. The van der Waals surface area contributed by atoms with Crippen molar-refractivity contribution in [3.05, 3.63) is 27.9 Å². The molecule has 1 unspecified atom stereocenters. The number of nitrogens with zero attached hydrogens (tertiary/aromatic N) is 1. The number of H-pyrrole nitrogens is 1. The van der Waals surface area contributed by atoms with E-state index in [1.54, 1.807) is 7.11 Å². The van der Waals surface area contributed by atoms with Gasteiger partial charge in [-0.3, -0.25) is 4.79 Å². The Kier molecular flexibility index (Phi) is 5.86. The average molecular weight is 239 g/mol. The monoisotopic (exact) mass is 239 g/mol. The Morgan fingerprint density at radius 2 is 2.29 bits per heavy atom. The van der Waals surface area contributed by atoms with Gasteiger partial charge in [0.1, 0.15) is 11.9 Å². The van der Waals surface area contributed by atoms with E-state index in [0.717, 1.165) is 25.1 Å². The van der Waals surface area contributed by atoms with E-state index in [4.69, 9.17) is 4.74 Å². The molecule has 1 aromatic heterocycles. The molecule has 0 saturated carbocycles. The fraction of sp³-hybridized carbons (Fsp3) is 0.667. The molecule has 0 aliphatic rings. The number of ether oxygens (including phenoxy) is 1. The molecule has 17 heavy (non-hydrogen) atoms. The lowest BCUT2D eigenvalue weighted by Gasteiger charge is -2.14. The standard InChI is InChI=1S/C12H21N3O2/c1-4-6-10(17-3)12-14-9(8-13-5-2)7-11(16)15-12/h7,10,13H,4-6,8H2,1-3H3,(H,14,15,16). The Morgan fingerprint density at radius 1 is 1.53 bits per heavy atom. The molecular formula is C12H21N3O2. The van der Waals surface area contributed by atoms with Crippen LogP contribution in [0.15, 0.2) is 10.9 Å². The Morgan fingerprint density at radius 3 is 2.88 bits per heavy atom. The summed E-state index contributed by atoms with van der Waals surface area (Å²) in [6.45, 7) is 5.55. The van der Waals surface area contributed by atoms with Crippen LogP contribution in [-0.4, -0.2) is 23.6 Å². The van der Waals surface area contributed by atoms with Crippen LogP contribution in [0.25, 0.3) is 0 Å². The second-order valence-corrected chi connectivity index (χ2v) is 3.92. The summed E-state index contributed by atoms with van der Waals surface area (Å²) in [4.78, 5) is 18.7. The van der Waals surface area contributed by atoms with Crippen LogP contribution < -0.4 is 10.9 Å². The number of hydrogen-bond donors (Lipinski definition) is 2. The van der Waals surface area contributed by atoms with Gasteiger partial charge in [0, 0.05) is 19.7 Å². The molecule has 0 saturated heterocycles. The molecule has 0 aromatic carbocycles. The molecule has 0 fully saturated rings. The maximum Gasteiger partial charge on any atom is 0.251 e. The van der Waals surface area contributed by atoms with Gasteiger partial charge in [-0.1, -0.05) is 20.3 Å². The maximum absolute atomic E-state index is 11.5. The van der Waals surface area contributed by atoms with E-state index in [0.29, 0.717) is 12.4 Å². The van der Waals surface area contributed by atoms with E-state index in [-0.39, 0.29) is 11.7 Å². The van der Waals surface area contributed by atoms with Crippen molar-refractivity contribution in [2.45, 2.75) is 39.3 Å². The summed E-state index contributed by atoms with van der Waals surface area (Å²) in [5.74, 6) is 0.620. The highest BCUT2D eigenvalue weighted by Gasteiger charge is 2.13. The Bertz CT molecular complexity index is 390. The number of aromatic amines is 1. The molecule has 0 amide bonds. The lowest BCUT2D eigenvalue weighted by molar-refractivity contribution is 0.0871. The van der Waals surface area contributed by atoms with Crippen molar-refractivity contribution in [2.75, 3.05) is 13.7 Å². The predicted octanol–water partition coefficient (Wildman–Crippen LogP) is 1.37. The van der Waals surface area contributed by atoms with Crippen molar-refractivity contribution in [2.24, 2.45) is 0 Å². The minimum Gasteiger partial charge on any atom is -0.374 e. The predicted molar refractivity (Wildman–Crippen MR) is 66.9 cm³/mol. The van der Waals surface area contributed by atoms with Gasteiger partial charge in [0.05, 0.1) is 5.69 Å². The zero-order chi connectivity index (χ0) is 12.7. The smallest absolute Gasteiger partial charge is 0.251 e. The van der Waals surface area contributed by atoms with E-state index in [1.165, 1.54) is 6.07 Å². The van der Waals surface area contributed by atoms with Gasteiger partial charge >= 0.3 is 0 Å². The van der Waals surface area contributed by atoms with Gasteiger partial charge in [0.25, 0.3) is 5.56 Å². The summed E-state index contributed by atoms with van der Waals surface area (Å²) in [7, 11) is 1.64. The van der Waals surface area contributed by atoms with E-state index < -0.39 is 0 Å². The summed E-state index contributed by atoms with van der Waals surface area (Å²) in [6, 6.07) is 1.52. The Hall–Kier alpha value is -1.20. The second kappa shape index (κ2) is 7.19. The third-order valence-electron chi connectivity index (χ3n) is 2.51. The minimum atomic E-state index is -0.130. The van der Waals surface area contributed by atoms with Crippen molar-refractivity contribution in [3.8, 4) is 0 Å². The molecule has 5 nitrogen and oxygen atoms in total. The number of aromatic nitrogens is 2. The van der Waals surface area contributed by atoms with Crippen molar-refractivity contribution >= 4 is 0 Å². The molecule has 2 N–H and O–H groups in total. The third-order valence-corrected chi connectivity index (χ3v) is 2.51. The van der Waals surface area contributed by atoms with Gasteiger partial charge in [-0.25, -0.2) is 4.98 Å². The van der Waals surface area contributed by atoms with Crippen LogP contribution in [-0.2, 0) is 11.3 Å². The molecule has 5 heteroatoms. The van der Waals surface area contributed by atoms with Crippen LogP contribution in [0.1, 0.15) is 44.3 Å². The van der Waals surface area contributed by atoms with E-state index in [2.05, 4.69) is 22.2 Å². The molecule has 1 atom stereocenters. The van der Waals surface area contributed by atoms with Crippen LogP contribution in [0, 0.1) is 0 Å². The Labute approximate surface area is 102 Å². The number of rotatable bonds is 7. The van der Waals surface area contributed by atoms with Gasteiger partial charge in [0.2, 0.25) is 0 Å². The van der Waals surface area contributed by atoms with Crippen LogP contribution in [0.5, 0.6) is 0 Å². The largest absolute Gasteiger partial charge is 0.374 e. The molecule has 0 aliphatic heterocycles. The second-order valence-electron chi connectivity index (χ2n) is 3.92. The molecule has 1 heterocycles. The van der Waals surface area contributed by atoms with Crippen LogP contribution in [0.4, 0.5) is 0 Å². The van der Waals surface area contributed by atoms with Gasteiger partial charge in [-0.15, -0.1) is 0 Å². The highest BCUT2D eigenvalue weighted by Crippen LogP contribution is 2.17. The first-order valence-electron chi connectivity index (χ1n) is 6.04. The van der Waals surface area contributed by atoms with E-state index >= 15 is 0 Å². The minimum absolute atomic E-state index is 0.124. The number of hydrogen-bond acceptors (Lipinski definition) is 4. The van der Waals surface area contributed by atoms with Crippen molar-refractivity contribution < 1.29 is 4.74 Å². The zero-order valence-electron chi connectivity index (χ0n) is 10.7. The van der Waals surface area contributed by atoms with Gasteiger partial charge in [-0.05, 0) is 13.0 Å². The molecule has 0 bridgehead atoms. The summed E-state index contributed by atoms with van der Waals surface area (Å²) in [5, 5.41) is 3.15. The average Bonchev–Trinajstić information content (AvgIpc) is 2.32. The van der Waals surface area contributed by atoms with Crippen LogP contribution >= 0.6 is 0 Å². The number of nitrogens with one attached hydrogen (secondary N) is 2. The van der Waals surface area contributed by atoms with E-state index in [9.17, 15) is 4.79 Å². The van der Waals surface area contributed by atoms with Gasteiger partial charge < -0.3 is 15.0 Å².